The molecular weight excluding hydrogens is 384 g/mol. The zero-order valence-corrected chi connectivity index (χ0v) is 16.5. The minimum Gasteiger partial charge on any atom is -0.506 e. The van der Waals surface area contributed by atoms with Crippen molar-refractivity contribution in [1.82, 2.24) is 0 Å². The minimum absolute atomic E-state index is 0.00701. The van der Waals surface area contributed by atoms with Crippen LogP contribution >= 0.6 is 23.4 Å². The van der Waals surface area contributed by atoms with Crippen LogP contribution in [0.1, 0.15) is 11.1 Å². The molecule has 7 heteroatoms. The predicted molar refractivity (Wildman–Crippen MR) is 112 cm³/mol. The number of thioether (sulfide) groups is 1. The first-order valence-corrected chi connectivity index (χ1v) is 9.52. The van der Waals surface area contributed by atoms with Crippen LogP contribution in [0.15, 0.2) is 52.4 Å². The monoisotopic (exact) mass is 402 g/mol. The molecule has 1 N–H and O–H groups in total. The Kier molecular flexibility index (Phi) is 6.21. The van der Waals surface area contributed by atoms with Crippen molar-refractivity contribution in [3.05, 3.63) is 63.5 Å². The van der Waals surface area contributed by atoms with Crippen LogP contribution in [0.25, 0.3) is 6.08 Å². The number of ether oxygens (including phenoxy) is 1. The number of amidine groups is 1. The summed E-state index contributed by atoms with van der Waals surface area (Å²) in [6, 6.07) is 12.5. The first-order chi connectivity index (χ1) is 13.0. The number of anilines is 1. The first-order valence-electron chi connectivity index (χ1n) is 8.33. The molecule has 0 aromatic heterocycles. The second-order valence-electron chi connectivity index (χ2n) is 5.91. The number of carbonyl (C=O) groups excluding carboxylic acids is 1. The van der Waals surface area contributed by atoms with E-state index in [1.165, 1.54) is 17.8 Å². The average Bonchev–Trinajstić information content (AvgIpc) is 2.94. The number of hydrogen-bond donors (Lipinski definition) is 1. The molecule has 1 fully saturated rings. The summed E-state index contributed by atoms with van der Waals surface area (Å²) in [7, 11) is 1.62. The van der Waals surface area contributed by atoms with Crippen LogP contribution in [0.5, 0.6) is 5.75 Å². The largest absolute Gasteiger partial charge is 0.506 e. The van der Waals surface area contributed by atoms with Crippen LogP contribution in [0.3, 0.4) is 0 Å². The van der Waals surface area contributed by atoms with E-state index in [9.17, 15) is 9.90 Å². The summed E-state index contributed by atoms with van der Waals surface area (Å²) in [5.74, 6) is -0.137. The molecule has 1 saturated heterocycles. The van der Waals surface area contributed by atoms with E-state index in [1.807, 2.05) is 31.2 Å². The fourth-order valence-electron chi connectivity index (χ4n) is 2.60. The summed E-state index contributed by atoms with van der Waals surface area (Å²) in [4.78, 5) is 19.8. The Bertz CT molecular complexity index is 927. The van der Waals surface area contributed by atoms with Crippen molar-refractivity contribution >= 4 is 46.2 Å². The number of phenols is 1. The number of phenolic OH excluding ortho intramolecular Hbond substituents is 1. The molecule has 1 amide bonds. The molecule has 1 heterocycles. The Labute approximate surface area is 167 Å². The van der Waals surface area contributed by atoms with Gasteiger partial charge in [0.05, 0.1) is 28.8 Å². The summed E-state index contributed by atoms with van der Waals surface area (Å²) in [6.45, 7) is 2.90. The van der Waals surface area contributed by atoms with Gasteiger partial charge in [-0.1, -0.05) is 35.9 Å². The van der Waals surface area contributed by atoms with Crippen molar-refractivity contribution in [3.63, 3.8) is 0 Å². The van der Waals surface area contributed by atoms with Gasteiger partial charge in [-0.05, 0) is 54.1 Å². The molecule has 0 aliphatic carbocycles. The highest BCUT2D eigenvalue weighted by Gasteiger charge is 2.35. The van der Waals surface area contributed by atoms with Crippen molar-refractivity contribution in [2.24, 2.45) is 4.99 Å². The summed E-state index contributed by atoms with van der Waals surface area (Å²) in [5, 5.41) is 10.4. The second-order valence-corrected chi connectivity index (χ2v) is 7.32. The third-order valence-electron chi connectivity index (χ3n) is 3.97. The van der Waals surface area contributed by atoms with Gasteiger partial charge in [0.15, 0.2) is 5.17 Å². The lowest BCUT2D eigenvalue weighted by molar-refractivity contribution is -0.113. The molecule has 0 saturated carbocycles. The Morgan fingerprint density at radius 2 is 2.07 bits per heavy atom. The van der Waals surface area contributed by atoms with Crippen LogP contribution in [0, 0.1) is 6.92 Å². The zero-order chi connectivity index (χ0) is 19.4. The van der Waals surface area contributed by atoms with Gasteiger partial charge in [0, 0.05) is 7.11 Å². The Morgan fingerprint density at radius 1 is 1.30 bits per heavy atom. The van der Waals surface area contributed by atoms with Crippen molar-refractivity contribution < 1.29 is 14.6 Å². The SMILES string of the molecule is COCCN=C1S/C(=C\c2ccc(O)c(Cl)c2)C(=O)N1c1ccccc1C. The van der Waals surface area contributed by atoms with Gasteiger partial charge in [-0.2, -0.15) is 0 Å². The third kappa shape index (κ3) is 4.35. The van der Waals surface area contributed by atoms with Crippen molar-refractivity contribution in [2.75, 3.05) is 25.2 Å². The maximum absolute atomic E-state index is 13.1. The first kappa shape index (κ1) is 19.5. The average molecular weight is 403 g/mol. The normalized spacial score (nSPS) is 17.3. The molecule has 0 unspecified atom stereocenters. The number of aryl methyl sites for hydroxylation is 1. The maximum Gasteiger partial charge on any atom is 0.271 e. The van der Waals surface area contributed by atoms with Gasteiger partial charge in [0.1, 0.15) is 5.75 Å². The van der Waals surface area contributed by atoms with Gasteiger partial charge in [-0.3, -0.25) is 14.7 Å². The van der Waals surface area contributed by atoms with Crippen LogP contribution in [0.2, 0.25) is 5.02 Å². The summed E-state index contributed by atoms with van der Waals surface area (Å²) < 4.78 is 5.07. The fourth-order valence-corrected chi connectivity index (χ4v) is 3.79. The highest BCUT2D eigenvalue weighted by atomic mass is 35.5. The van der Waals surface area contributed by atoms with Gasteiger partial charge in [0.2, 0.25) is 0 Å². The molecule has 0 bridgehead atoms. The number of benzene rings is 2. The Morgan fingerprint density at radius 3 is 2.78 bits per heavy atom. The van der Waals surface area contributed by atoms with Crippen LogP contribution in [-0.4, -0.2) is 36.4 Å². The molecule has 5 nitrogen and oxygen atoms in total. The Balaban J connectivity index is 1.99. The molecule has 2 aromatic carbocycles. The molecule has 140 valence electrons. The topological polar surface area (TPSA) is 62.1 Å². The number of aromatic hydroxyl groups is 1. The van der Waals surface area contributed by atoms with E-state index < -0.39 is 0 Å². The lowest BCUT2D eigenvalue weighted by Gasteiger charge is -2.18. The van der Waals surface area contributed by atoms with Crippen molar-refractivity contribution in [2.45, 2.75) is 6.92 Å². The highest BCUT2D eigenvalue weighted by molar-refractivity contribution is 8.19. The summed E-state index contributed by atoms with van der Waals surface area (Å²) >= 11 is 7.29. The van der Waals surface area contributed by atoms with E-state index in [4.69, 9.17) is 16.3 Å². The number of amides is 1. The van der Waals surface area contributed by atoms with E-state index in [1.54, 1.807) is 30.2 Å². The molecule has 1 aliphatic rings. The Hall–Kier alpha value is -2.28. The summed E-state index contributed by atoms with van der Waals surface area (Å²) in [5.41, 5.74) is 2.52. The van der Waals surface area contributed by atoms with Crippen LogP contribution in [-0.2, 0) is 9.53 Å². The smallest absolute Gasteiger partial charge is 0.271 e. The maximum atomic E-state index is 13.1. The highest BCUT2D eigenvalue weighted by Crippen LogP contribution is 2.37. The second kappa shape index (κ2) is 8.61. The van der Waals surface area contributed by atoms with Crippen molar-refractivity contribution in [1.29, 1.82) is 0 Å². The number of halogens is 1. The molecule has 27 heavy (non-hydrogen) atoms. The lowest BCUT2D eigenvalue weighted by Crippen LogP contribution is -2.29. The third-order valence-corrected chi connectivity index (χ3v) is 5.28. The number of methoxy groups -OCH3 is 1. The van der Waals surface area contributed by atoms with E-state index in [0.29, 0.717) is 23.2 Å². The number of nitrogens with zero attached hydrogens (tertiary/aromatic N) is 2. The van der Waals surface area contributed by atoms with Crippen molar-refractivity contribution in [3.8, 4) is 5.75 Å². The predicted octanol–water partition coefficient (Wildman–Crippen LogP) is 4.48. The fraction of sp³-hybridized carbons (Fsp3) is 0.200. The standard InChI is InChI=1S/C20H19ClN2O3S/c1-13-5-3-4-6-16(13)23-19(25)18(27-20(23)22-9-10-26-2)12-14-7-8-17(24)15(21)11-14/h3-8,11-12,24H,9-10H2,1-2H3/b18-12-,22-20?. The van der Waals surface area contributed by atoms with E-state index >= 15 is 0 Å². The van der Waals surface area contributed by atoms with Gasteiger partial charge in [0.25, 0.3) is 5.91 Å². The molecule has 0 radical (unpaired) electrons. The molecule has 1 aliphatic heterocycles. The van der Waals surface area contributed by atoms with E-state index in [-0.39, 0.29) is 16.7 Å². The minimum atomic E-state index is -0.144. The number of hydrogen-bond acceptors (Lipinski definition) is 5. The molecule has 0 spiro atoms. The molecule has 3 rings (SSSR count). The summed E-state index contributed by atoms with van der Waals surface area (Å²) in [6.07, 6.45) is 1.75. The number of aliphatic imine (C=N–C) groups is 1. The molecular formula is C20H19ClN2O3S. The lowest BCUT2D eigenvalue weighted by atomic mass is 10.1. The molecule has 0 atom stereocenters. The van der Waals surface area contributed by atoms with E-state index in [0.717, 1.165) is 16.8 Å². The van der Waals surface area contributed by atoms with E-state index in [2.05, 4.69) is 4.99 Å². The van der Waals surface area contributed by atoms with Gasteiger partial charge < -0.3 is 9.84 Å². The zero-order valence-electron chi connectivity index (χ0n) is 15.0. The van der Waals surface area contributed by atoms with Gasteiger partial charge >= 0.3 is 0 Å². The quantitative estimate of drug-likeness (QED) is 0.591. The van der Waals surface area contributed by atoms with Crippen LogP contribution in [0.4, 0.5) is 5.69 Å². The van der Waals surface area contributed by atoms with Gasteiger partial charge in [-0.15, -0.1) is 0 Å². The number of para-hydroxylation sites is 1. The number of carbonyl (C=O) groups is 1. The van der Waals surface area contributed by atoms with Gasteiger partial charge in [-0.25, -0.2) is 0 Å². The molecule has 2 aromatic rings. The van der Waals surface area contributed by atoms with Crippen LogP contribution < -0.4 is 4.90 Å². The number of rotatable bonds is 5.